The molecule has 2 aliphatic rings. The number of morpholine rings is 1. The topological polar surface area (TPSA) is 55.6 Å². The fourth-order valence-electron chi connectivity index (χ4n) is 2.64. The first kappa shape index (κ1) is 11.8. The maximum absolute atomic E-state index is 12.4. The van der Waals surface area contributed by atoms with E-state index in [1.54, 1.807) is 18.2 Å². The highest BCUT2D eigenvalue weighted by molar-refractivity contribution is 6.33. The number of anilines is 1. The van der Waals surface area contributed by atoms with Crippen LogP contribution in [0.2, 0.25) is 5.02 Å². The van der Waals surface area contributed by atoms with E-state index in [4.69, 9.17) is 22.1 Å². The van der Waals surface area contributed by atoms with Gasteiger partial charge in [0, 0.05) is 18.7 Å². The van der Waals surface area contributed by atoms with Crippen molar-refractivity contribution in [3.8, 4) is 0 Å². The number of carbonyl (C=O) groups excluding carboxylic acids is 1. The number of amides is 1. The lowest BCUT2D eigenvalue weighted by molar-refractivity contribution is -0.0303. The molecule has 1 aromatic carbocycles. The highest BCUT2D eigenvalue weighted by Gasteiger charge is 2.35. The first-order chi connectivity index (χ1) is 8.63. The van der Waals surface area contributed by atoms with Gasteiger partial charge in [-0.05, 0) is 31.0 Å². The summed E-state index contributed by atoms with van der Waals surface area (Å²) in [5.41, 5.74) is 6.77. The molecule has 2 heterocycles. The van der Waals surface area contributed by atoms with E-state index in [1.807, 2.05) is 4.90 Å². The number of fused-ring (bicyclic) bond motifs is 2. The Morgan fingerprint density at radius 3 is 2.61 bits per heavy atom. The fourth-order valence-corrected chi connectivity index (χ4v) is 2.76. The predicted octanol–water partition coefficient (Wildman–Crippen LogP) is 1.93. The molecule has 2 atom stereocenters. The van der Waals surface area contributed by atoms with E-state index in [9.17, 15) is 4.79 Å². The Balaban J connectivity index is 1.79. The van der Waals surface area contributed by atoms with Crippen molar-refractivity contribution in [2.24, 2.45) is 0 Å². The molecule has 2 aliphatic heterocycles. The van der Waals surface area contributed by atoms with E-state index < -0.39 is 0 Å². The molecular formula is C13H15ClN2O2. The van der Waals surface area contributed by atoms with Crippen LogP contribution in [0, 0.1) is 0 Å². The lowest BCUT2D eigenvalue weighted by atomic mass is 10.1. The van der Waals surface area contributed by atoms with Gasteiger partial charge >= 0.3 is 0 Å². The van der Waals surface area contributed by atoms with Crippen molar-refractivity contribution in [1.82, 2.24) is 4.90 Å². The lowest BCUT2D eigenvalue weighted by Crippen LogP contribution is -2.45. The van der Waals surface area contributed by atoms with Gasteiger partial charge in [0.15, 0.2) is 0 Å². The number of hydrogen-bond acceptors (Lipinski definition) is 3. The third-order valence-electron chi connectivity index (χ3n) is 3.57. The van der Waals surface area contributed by atoms with Crippen LogP contribution in [0.3, 0.4) is 0 Å². The molecule has 0 saturated carbocycles. The normalized spacial score (nSPS) is 26.4. The zero-order valence-electron chi connectivity index (χ0n) is 9.93. The van der Waals surface area contributed by atoms with Gasteiger partial charge in [-0.1, -0.05) is 11.6 Å². The van der Waals surface area contributed by atoms with Crippen LogP contribution in [0.25, 0.3) is 0 Å². The van der Waals surface area contributed by atoms with Crippen molar-refractivity contribution < 1.29 is 9.53 Å². The maximum atomic E-state index is 12.4. The summed E-state index contributed by atoms with van der Waals surface area (Å²) < 4.78 is 5.72. The van der Waals surface area contributed by atoms with Gasteiger partial charge in [0.1, 0.15) is 0 Å². The molecule has 0 aromatic heterocycles. The minimum Gasteiger partial charge on any atom is -0.398 e. The second-order valence-electron chi connectivity index (χ2n) is 4.90. The van der Waals surface area contributed by atoms with Crippen molar-refractivity contribution >= 4 is 23.2 Å². The van der Waals surface area contributed by atoms with Gasteiger partial charge in [0.2, 0.25) is 0 Å². The molecule has 0 radical (unpaired) electrons. The van der Waals surface area contributed by atoms with E-state index >= 15 is 0 Å². The lowest BCUT2D eigenvalue weighted by Gasteiger charge is -2.32. The third-order valence-corrected chi connectivity index (χ3v) is 3.92. The Kier molecular flexibility index (Phi) is 2.92. The summed E-state index contributed by atoms with van der Waals surface area (Å²) in [6.45, 7) is 1.36. The third kappa shape index (κ3) is 2.06. The van der Waals surface area contributed by atoms with E-state index in [-0.39, 0.29) is 18.1 Å². The van der Waals surface area contributed by atoms with Crippen molar-refractivity contribution in [1.29, 1.82) is 0 Å². The largest absolute Gasteiger partial charge is 0.398 e. The van der Waals surface area contributed by atoms with Crippen molar-refractivity contribution in [3.05, 3.63) is 28.8 Å². The molecule has 2 fully saturated rings. The molecule has 3 rings (SSSR count). The van der Waals surface area contributed by atoms with Crippen LogP contribution in [-0.2, 0) is 4.74 Å². The molecule has 96 valence electrons. The summed E-state index contributed by atoms with van der Waals surface area (Å²) >= 11 is 5.86. The van der Waals surface area contributed by atoms with Gasteiger partial charge in [-0.2, -0.15) is 0 Å². The van der Waals surface area contributed by atoms with Crippen LogP contribution in [0.1, 0.15) is 23.2 Å². The van der Waals surface area contributed by atoms with Gasteiger partial charge in [0.05, 0.1) is 22.9 Å². The Hall–Kier alpha value is -1.26. The highest BCUT2D eigenvalue weighted by atomic mass is 35.5. The van der Waals surface area contributed by atoms with Crippen molar-refractivity contribution in [2.45, 2.75) is 25.0 Å². The Labute approximate surface area is 111 Å². The summed E-state index contributed by atoms with van der Waals surface area (Å²) in [7, 11) is 0. The molecule has 2 N–H and O–H groups in total. The Morgan fingerprint density at radius 1 is 1.33 bits per heavy atom. The van der Waals surface area contributed by atoms with E-state index in [2.05, 4.69) is 0 Å². The van der Waals surface area contributed by atoms with Crippen molar-refractivity contribution in [3.63, 3.8) is 0 Å². The number of nitrogens with zero attached hydrogens (tertiary/aromatic N) is 1. The fraction of sp³-hybridized carbons (Fsp3) is 0.462. The molecule has 0 spiro atoms. The minimum atomic E-state index is 0.0126. The van der Waals surface area contributed by atoms with Crippen LogP contribution in [-0.4, -0.2) is 36.1 Å². The maximum Gasteiger partial charge on any atom is 0.254 e. The smallest absolute Gasteiger partial charge is 0.254 e. The number of halogens is 1. The van der Waals surface area contributed by atoms with Crippen LogP contribution in [0.4, 0.5) is 5.69 Å². The zero-order valence-corrected chi connectivity index (χ0v) is 10.7. The van der Waals surface area contributed by atoms with Gasteiger partial charge in [-0.25, -0.2) is 0 Å². The minimum absolute atomic E-state index is 0.0126. The number of ether oxygens (including phenoxy) is 1. The molecule has 1 aromatic rings. The second kappa shape index (κ2) is 4.44. The number of benzene rings is 1. The molecule has 2 bridgehead atoms. The zero-order chi connectivity index (χ0) is 12.7. The number of rotatable bonds is 1. The Bertz CT molecular complexity index is 480. The molecule has 0 aliphatic carbocycles. The summed E-state index contributed by atoms with van der Waals surface area (Å²) in [6.07, 6.45) is 2.52. The van der Waals surface area contributed by atoms with Crippen LogP contribution < -0.4 is 5.73 Å². The molecule has 2 saturated heterocycles. The first-order valence-corrected chi connectivity index (χ1v) is 6.51. The van der Waals surface area contributed by atoms with Gasteiger partial charge < -0.3 is 15.4 Å². The first-order valence-electron chi connectivity index (χ1n) is 6.13. The molecule has 2 unspecified atom stereocenters. The average Bonchev–Trinajstić information content (AvgIpc) is 2.71. The molecule has 4 nitrogen and oxygen atoms in total. The van der Waals surface area contributed by atoms with Crippen LogP contribution in [0.15, 0.2) is 18.2 Å². The number of hydrogen-bond donors (Lipinski definition) is 1. The van der Waals surface area contributed by atoms with E-state index in [1.165, 1.54) is 0 Å². The quantitative estimate of drug-likeness (QED) is 0.790. The number of nitrogens with two attached hydrogens (primary N) is 1. The summed E-state index contributed by atoms with van der Waals surface area (Å²) in [6, 6.07) is 5.03. The second-order valence-corrected chi connectivity index (χ2v) is 5.31. The predicted molar refractivity (Wildman–Crippen MR) is 69.7 cm³/mol. The molecule has 18 heavy (non-hydrogen) atoms. The highest BCUT2D eigenvalue weighted by Crippen LogP contribution is 2.28. The number of likely N-dealkylation sites (tertiary alicyclic amines) is 1. The van der Waals surface area contributed by atoms with Gasteiger partial charge in [-0.3, -0.25) is 4.79 Å². The SMILES string of the molecule is Nc1cc(C(=O)N2CC3CCC(C2)O3)ccc1Cl. The van der Waals surface area contributed by atoms with Gasteiger partial charge in [-0.15, -0.1) is 0 Å². The van der Waals surface area contributed by atoms with Crippen molar-refractivity contribution in [2.75, 3.05) is 18.8 Å². The Morgan fingerprint density at radius 2 is 2.00 bits per heavy atom. The summed E-state index contributed by atoms with van der Waals surface area (Å²) in [5, 5.41) is 0.480. The number of carbonyl (C=O) groups is 1. The monoisotopic (exact) mass is 266 g/mol. The van der Waals surface area contributed by atoms with E-state index in [0.717, 1.165) is 12.8 Å². The molecule has 5 heteroatoms. The number of nitrogen functional groups attached to an aromatic ring is 1. The standard InChI is InChI=1S/C13H15ClN2O2/c14-11-4-1-8(5-12(11)15)13(17)16-6-9-2-3-10(7-16)18-9/h1,4-5,9-10H,2-3,6-7,15H2. The molecule has 1 amide bonds. The molecular weight excluding hydrogens is 252 g/mol. The van der Waals surface area contributed by atoms with Gasteiger partial charge in [0.25, 0.3) is 5.91 Å². The van der Waals surface area contributed by atoms with E-state index in [0.29, 0.717) is 29.4 Å². The summed E-state index contributed by atoms with van der Waals surface area (Å²) in [5.74, 6) is 0.0126. The van der Waals surface area contributed by atoms with Crippen LogP contribution >= 0.6 is 11.6 Å². The average molecular weight is 267 g/mol. The van der Waals surface area contributed by atoms with Crippen LogP contribution in [0.5, 0.6) is 0 Å². The summed E-state index contributed by atoms with van der Waals surface area (Å²) in [4.78, 5) is 14.2.